The van der Waals surface area contributed by atoms with Gasteiger partial charge in [-0.3, -0.25) is 0 Å². The van der Waals surface area contributed by atoms with Crippen LogP contribution < -0.4 is 14.5 Å². The summed E-state index contributed by atoms with van der Waals surface area (Å²) in [6.07, 6.45) is 11.0. The predicted octanol–water partition coefficient (Wildman–Crippen LogP) is 4.08. The molecule has 2 N–H and O–H groups in total. The van der Waals surface area contributed by atoms with E-state index < -0.39 is 0 Å². The van der Waals surface area contributed by atoms with E-state index in [1.807, 2.05) is 23.1 Å². The number of nitrogens with zero attached hydrogens (tertiary/aromatic N) is 8. The molecule has 214 valence electrons. The highest BCUT2D eigenvalue weighted by molar-refractivity contribution is 8.00. The minimum Gasteiger partial charge on any atom is -0.395 e. The van der Waals surface area contributed by atoms with E-state index >= 15 is 0 Å². The molecule has 2 fully saturated rings. The van der Waals surface area contributed by atoms with Gasteiger partial charge >= 0.3 is 0 Å². The van der Waals surface area contributed by atoms with Gasteiger partial charge in [0.2, 0.25) is 5.95 Å². The van der Waals surface area contributed by atoms with E-state index in [1.165, 1.54) is 37.6 Å². The summed E-state index contributed by atoms with van der Waals surface area (Å²) in [4.78, 5) is 17.0. The number of nitrogens with one attached hydrogen (secondary N) is 1. The lowest BCUT2D eigenvalue weighted by Crippen LogP contribution is -2.52. The van der Waals surface area contributed by atoms with Crippen molar-refractivity contribution in [2.24, 2.45) is 5.92 Å². The van der Waals surface area contributed by atoms with Crippen LogP contribution in [-0.4, -0.2) is 92.6 Å². The van der Waals surface area contributed by atoms with Crippen molar-refractivity contribution in [3.63, 3.8) is 0 Å². The second-order valence-electron chi connectivity index (χ2n) is 11.7. The second-order valence-corrected chi connectivity index (χ2v) is 12.6. The third-order valence-electron chi connectivity index (χ3n) is 9.01. The Kier molecular flexibility index (Phi) is 8.13. The SMILES string of the molecule is CN1CCCC2CCCN(C2)c2nccc(n2)-c2cn(nn2)-c2ccc(NSCCO)cc2N2CCC1(C)CC2. The zero-order valence-corrected chi connectivity index (χ0v) is 24.5. The number of rotatable bonds is 4. The molecule has 10 nitrogen and oxygen atoms in total. The molecule has 11 heteroatoms. The number of hydrogen-bond donors (Lipinski definition) is 2. The first-order valence-electron chi connectivity index (χ1n) is 14.6. The molecule has 0 spiro atoms. The first kappa shape index (κ1) is 27.3. The average molecular weight is 564 g/mol. The normalized spacial score (nSPS) is 23.7. The van der Waals surface area contributed by atoms with Crippen molar-refractivity contribution < 1.29 is 5.11 Å². The maximum atomic E-state index is 9.22. The van der Waals surface area contributed by atoms with Crippen molar-refractivity contribution in [2.45, 2.75) is 51.0 Å². The number of hydrogen-bond acceptors (Lipinski definition) is 10. The van der Waals surface area contributed by atoms with Gasteiger partial charge in [0, 0.05) is 49.4 Å². The minimum absolute atomic E-state index is 0.145. The Bertz CT molecular complexity index is 1290. The van der Waals surface area contributed by atoms with Gasteiger partial charge in [-0.25, -0.2) is 14.6 Å². The van der Waals surface area contributed by atoms with E-state index in [0.717, 1.165) is 80.0 Å². The van der Waals surface area contributed by atoms with Gasteiger partial charge in [0.15, 0.2) is 0 Å². The number of aliphatic hydroxyl groups excluding tert-OH is 1. The Hall–Kier alpha value is -2.89. The standard InChI is InChI=1S/C29H41N9OS/c1-29-10-15-36(16-11-29)27-19-23(33-40-18-17-39)7-8-26(27)38-21-25(32-34-38)24-9-12-30-28(31-24)37-14-4-6-22(20-37)5-3-13-35(29)2/h7-9,12,19,21-22,33,39H,3-6,10-11,13-18,20H2,1-2H3. The van der Waals surface area contributed by atoms with Crippen molar-refractivity contribution in [1.82, 2.24) is 29.9 Å². The molecule has 2 saturated heterocycles. The zero-order valence-electron chi connectivity index (χ0n) is 23.7. The summed E-state index contributed by atoms with van der Waals surface area (Å²) in [6.45, 7) is 7.70. The number of benzene rings is 1. The van der Waals surface area contributed by atoms with E-state index in [1.54, 1.807) is 0 Å². The fourth-order valence-electron chi connectivity index (χ4n) is 6.34. The zero-order chi connectivity index (χ0) is 27.5. The molecule has 0 radical (unpaired) electrons. The van der Waals surface area contributed by atoms with E-state index in [2.05, 4.69) is 66.9 Å². The molecule has 7 rings (SSSR count). The van der Waals surface area contributed by atoms with Gasteiger partial charge in [0.25, 0.3) is 0 Å². The molecule has 3 aromatic rings. The number of aromatic nitrogens is 5. The lowest BCUT2D eigenvalue weighted by molar-refractivity contribution is 0.103. The molecular formula is C29H41N9OS. The highest BCUT2D eigenvalue weighted by Crippen LogP contribution is 2.36. The first-order chi connectivity index (χ1) is 19.5. The van der Waals surface area contributed by atoms with Crippen LogP contribution in [0.3, 0.4) is 0 Å². The van der Waals surface area contributed by atoms with Crippen LogP contribution in [0, 0.1) is 5.92 Å². The molecule has 0 saturated carbocycles. The minimum atomic E-state index is 0.145. The quantitative estimate of drug-likeness (QED) is 0.357. The average Bonchev–Trinajstić information content (AvgIpc) is 3.48. The summed E-state index contributed by atoms with van der Waals surface area (Å²) in [5.74, 6) is 2.11. The van der Waals surface area contributed by atoms with Crippen LogP contribution in [0.4, 0.5) is 17.3 Å². The molecule has 6 heterocycles. The second kappa shape index (κ2) is 11.9. The number of piperidine rings is 2. The van der Waals surface area contributed by atoms with Crippen molar-refractivity contribution >= 4 is 29.3 Å². The van der Waals surface area contributed by atoms with Crippen LogP contribution in [0.5, 0.6) is 0 Å². The largest absolute Gasteiger partial charge is 0.395 e. The molecule has 40 heavy (non-hydrogen) atoms. The van der Waals surface area contributed by atoms with Crippen molar-refractivity contribution in [3.05, 3.63) is 36.7 Å². The summed E-state index contributed by atoms with van der Waals surface area (Å²) in [7, 11) is 2.32. The topological polar surface area (TPSA) is 98.5 Å². The summed E-state index contributed by atoms with van der Waals surface area (Å²) in [6, 6.07) is 8.30. The molecule has 0 aliphatic carbocycles. The molecule has 1 unspecified atom stereocenters. The third kappa shape index (κ3) is 5.77. The number of aliphatic hydroxyl groups is 1. The Morgan fingerprint density at radius 1 is 1.02 bits per heavy atom. The van der Waals surface area contributed by atoms with Crippen LogP contribution in [-0.2, 0) is 0 Å². The molecule has 1 aromatic carbocycles. The maximum Gasteiger partial charge on any atom is 0.225 e. The van der Waals surface area contributed by atoms with Crippen LogP contribution in [0.15, 0.2) is 36.7 Å². The third-order valence-corrected chi connectivity index (χ3v) is 9.78. The van der Waals surface area contributed by atoms with E-state index in [0.29, 0.717) is 11.7 Å². The Labute approximate surface area is 241 Å². The van der Waals surface area contributed by atoms with Crippen LogP contribution in [0.25, 0.3) is 17.1 Å². The number of fused-ring (bicyclic) bond motifs is 5. The Morgan fingerprint density at radius 2 is 1.85 bits per heavy atom. The van der Waals surface area contributed by atoms with Crippen molar-refractivity contribution in [2.75, 3.05) is 66.7 Å². The first-order valence-corrected chi connectivity index (χ1v) is 15.6. The van der Waals surface area contributed by atoms with Crippen LogP contribution >= 0.6 is 11.9 Å². The van der Waals surface area contributed by atoms with Crippen LogP contribution in [0.2, 0.25) is 0 Å². The lowest BCUT2D eigenvalue weighted by Gasteiger charge is -2.46. The summed E-state index contributed by atoms with van der Waals surface area (Å²) < 4.78 is 5.26. The lowest BCUT2D eigenvalue weighted by atomic mass is 9.87. The highest BCUT2D eigenvalue weighted by atomic mass is 32.2. The molecule has 8 bridgehead atoms. The van der Waals surface area contributed by atoms with Crippen LogP contribution in [0.1, 0.15) is 45.4 Å². The fraction of sp³-hybridized carbons (Fsp3) is 0.586. The number of anilines is 3. The van der Waals surface area contributed by atoms with Crippen molar-refractivity contribution in [1.29, 1.82) is 0 Å². The Morgan fingerprint density at radius 3 is 2.67 bits per heavy atom. The van der Waals surface area contributed by atoms with Crippen molar-refractivity contribution in [3.8, 4) is 17.1 Å². The molecule has 1 atom stereocenters. The van der Waals surface area contributed by atoms with Gasteiger partial charge < -0.3 is 24.5 Å². The fourth-order valence-corrected chi connectivity index (χ4v) is 6.82. The molecule has 2 aromatic heterocycles. The van der Waals surface area contributed by atoms with E-state index in [4.69, 9.17) is 4.98 Å². The maximum absolute atomic E-state index is 9.22. The predicted molar refractivity (Wildman–Crippen MR) is 162 cm³/mol. The molecule has 4 aliphatic rings. The smallest absolute Gasteiger partial charge is 0.225 e. The molecule has 0 amide bonds. The van der Waals surface area contributed by atoms with E-state index in [9.17, 15) is 5.11 Å². The monoisotopic (exact) mass is 563 g/mol. The van der Waals surface area contributed by atoms with Gasteiger partial charge in [-0.15, -0.1) is 5.10 Å². The van der Waals surface area contributed by atoms with E-state index in [-0.39, 0.29) is 12.1 Å². The van der Waals surface area contributed by atoms with Gasteiger partial charge in [-0.1, -0.05) is 17.2 Å². The van der Waals surface area contributed by atoms with Gasteiger partial charge in [0.05, 0.1) is 29.9 Å². The summed E-state index contributed by atoms with van der Waals surface area (Å²) in [5.41, 5.74) is 4.89. The Balaban J connectivity index is 1.37. The van der Waals surface area contributed by atoms with Gasteiger partial charge in [-0.05, 0) is 89.2 Å². The summed E-state index contributed by atoms with van der Waals surface area (Å²) in [5, 5.41) is 18.3. The van der Waals surface area contributed by atoms with Gasteiger partial charge in [0.1, 0.15) is 5.69 Å². The highest BCUT2D eigenvalue weighted by Gasteiger charge is 2.34. The van der Waals surface area contributed by atoms with Gasteiger partial charge in [-0.2, -0.15) is 0 Å². The molecular weight excluding hydrogens is 522 g/mol. The summed E-state index contributed by atoms with van der Waals surface area (Å²) >= 11 is 1.51. The molecule has 4 aliphatic heterocycles.